The Hall–Kier alpha value is -1.81. The van der Waals surface area contributed by atoms with E-state index in [1.165, 1.54) is 5.56 Å². The van der Waals surface area contributed by atoms with E-state index >= 15 is 0 Å². The minimum atomic E-state index is -0.677. The molecule has 0 amide bonds. The van der Waals surface area contributed by atoms with Gasteiger partial charge in [0, 0.05) is 37.0 Å². The van der Waals surface area contributed by atoms with Crippen LogP contribution in [0.15, 0.2) is 28.7 Å². The van der Waals surface area contributed by atoms with Crippen molar-refractivity contribution in [2.24, 2.45) is 11.8 Å². The minimum absolute atomic E-state index is 0.257. The lowest BCUT2D eigenvalue weighted by atomic mass is 9.90. The summed E-state index contributed by atoms with van der Waals surface area (Å²) in [6.07, 6.45) is 1.63. The van der Waals surface area contributed by atoms with E-state index in [0.717, 1.165) is 42.7 Å². The van der Waals surface area contributed by atoms with Crippen molar-refractivity contribution in [2.75, 3.05) is 13.1 Å². The number of furan rings is 1. The first kappa shape index (κ1) is 15.1. The first-order valence-electron chi connectivity index (χ1n) is 8.03. The number of nitrogens with zero attached hydrogens (tertiary/aromatic N) is 1. The van der Waals surface area contributed by atoms with Gasteiger partial charge in [-0.3, -0.25) is 9.69 Å². The highest BCUT2D eigenvalue weighted by molar-refractivity contribution is 5.82. The van der Waals surface area contributed by atoms with E-state index in [2.05, 4.69) is 24.8 Å². The maximum atomic E-state index is 11.3. The molecule has 4 heteroatoms. The smallest absolute Gasteiger partial charge is 0.307 e. The zero-order chi connectivity index (χ0) is 15.7. The topological polar surface area (TPSA) is 53.7 Å². The molecule has 3 rings (SSSR count). The first-order valence-corrected chi connectivity index (χ1v) is 8.03. The predicted molar refractivity (Wildman–Crippen MR) is 85.8 cm³/mol. The highest BCUT2D eigenvalue weighted by Gasteiger charge is 2.30. The van der Waals surface area contributed by atoms with Crippen LogP contribution in [-0.4, -0.2) is 29.1 Å². The Labute approximate surface area is 130 Å². The first-order chi connectivity index (χ1) is 10.6. The standard InChI is InChI=1S/C18H23NO3/c1-3-16-15(14-6-4-5-7-17(14)22-16)11-19-9-12(2)8-13(10-19)18(20)21/h4-7,12-13H,3,8-11H2,1-2H3,(H,20,21). The summed E-state index contributed by atoms with van der Waals surface area (Å²) < 4.78 is 5.95. The van der Waals surface area contributed by atoms with Crippen LogP contribution in [0.25, 0.3) is 11.0 Å². The molecule has 4 nitrogen and oxygen atoms in total. The number of rotatable bonds is 4. The highest BCUT2D eigenvalue weighted by atomic mass is 16.4. The summed E-state index contributed by atoms with van der Waals surface area (Å²) in [6.45, 7) is 6.58. The molecule has 0 radical (unpaired) electrons. The van der Waals surface area contributed by atoms with Crippen molar-refractivity contribution in [2.45, 2.75) is 33.2 Å². The number of aliphatic carboxylic acids is 1. The van der Waals surface area contributed by atoms with Gasteiger partial charge in [0.25, 0.3) is 0 Å². The average molecular weight is 301 g/mol. The van der Waals surface area contributed by atoms with Crippen molar-refractivity contribution >= 4 is 16.9 Å². The van der Waals surface area contributed by atoms with Crippen LogP contribution in [0.4, 0.5) is 0 Å². The molecule has 2 unspecified atom stereocenters. The lowest BCUT2D eigenvalue weighted by Gasteiger charge is -2.34. The monoisotopic (exact) mass is 301 g/mol. The van der Waals surface area contributed by atoms with E-state index in [9.17, 15) is 9.90 Å². The van der Waals surface area contributed by atoms with E-state index in [1.54, 1.807) is 0 Å². The highest BCUT2D eigenvalue weighted by Crippen LogP contribution is 2.30. The molecule has 0 spiro atoms. The number of carboxylic acids is 1. The van der Waals surface area contributed by atoms with Gasteiger partial charge in [0.05, 0.1) is 5.92 Å². The Morgan fingerprint density at radius 3 is 2.86 bits per heavy atom. The quantitative estimate of drug-likeness (QED) is 0.938. The van der Waals surface area contributed by atoms with Gasteiger partial charge in [-0.05, 0) is 18.4 Å². The number of aryl methyl sites for hydroxylation is 1. The third kappa shape index (κ3) is 2.88. The van der Waals surface area contributed by atoms with Crippen LogP contribution < -0.4 is 0 Å². The number of hydrogen-bond acceptors (Lipinski definition) is 3. The number of hydrogen-bond donors (Lipinski definition) is 1. The molecule has 22 heavy (non-hydrogen) atoms. The molecule has 0 aliphatic carbocycles. The third-order valence-electron chi connectivity index (χ3n) is 4.57. The SMILES string of the molecule is CCc1oc2ccccc2c1CN1CC(C)CC(C(=O)O)C1. The van der Waals surface area contributed by atoms with Crippen LogP contribution in [0.3, 0.4) is 0 Å². The van der Waals surface area contributed by atoms with Crippen molar-refractivity contribution in [1.82, 2.24) is 4.90 Å². The lowest BCUT2D eigenvalue weighted by molar-refractivity contribution is -0.144. The minimum Gasteiger partial charge on any atom is -0.481 e. The number of likely N-dealkylation sites (tertiary alicyclic amines) is 1. The van der Waals surface area contributed by atoms with Gasteiger partial charge in [0.15, 0.2) is 0 Å². The molecular weight excluding hydrogens is 278 g/mol. The van der Waals surface area contributed by atoms with Crippen LogP contribution in [-0.2, 0) is 17.8 Å². The summed E-state index contributed by atoms with van der Waals surface area (Å²) in [5.41, 5.74) is 2.14. The normalized spacial score (nSPS) is 23.0. The van der Waals surface area contributed by atoms with Gasteiger partial charge in [0.2, 0.25) is 0 Å². The van der Waals surface area contributed by atoms with Crippen LogP contribution in [0, 0.1) is 11.8 Å². The van der Waals surface area contributed by atoms with E-state index in [1.807, 2.05) is 18.2 Å². The van der Waals surface area contributed by atoms with Crippen molar-refractivity contribution < 1.29 is 14.3 Å². The fraction of sp³-hybridized carbons (Fsp3) is 0.500. The van der Waals surface area contributed by atoms with Crippen LogP contribution in [0.1, 0.15) is 31.6 Å². The van der Waals surface area contributed by atoms with Crippen molar-refractivity contribution in [3.63, 3.8) is 0 Å². The van der Waals surface area contributed by atoms with E-state index in [0.29, 0.717) is 12.5 Å². The van der Waals surface area contributed by atoms with Gasteiger partial charge in [-0.2, -0.15) is 0 Å². The third-order valence-corrected chi connectivity index (χ3v) is 4.57. The number of para-hydroxylation sites is 1. The number of carbonyl (C=O) groups is 1. The lowest BCUT2D eigenvalue weighted by Crippen LogP contribution is -2.42. The maximum Gasteiger partial charge on any atom is 0.307 e. The molecule has 1 aromatic carbocycles. The molecule has 1 N–H and O–H groups in total. The summed E-state index contributed by atoms with van der Waals surface area (Å²) in [7, 11) is 0. The Morgan fingerprint density at radius 2 is 2.14 bits per heavy atom. The summed E-state index contributed by atoms with van der Waals surface area (Å²) in [5, 5.41) is 10.5. The van der Waals surface area contributed by atoms with Gasteiger partial charge in [0.1, 0.15) is 11.3 Å². The molecular formula is C18H23NO3. The Balaban J connectivity index is 1.87. The summed E-state index contributed by atoms with van der Waals surface area (Å²) in [6, 6.07) is 8.10. The zero-order valence-corrected chi connectivity index (χ0v) is 13.2. The molecule has 0 bridgehead atoms. The molecule has 1 aromatic heterocycles. The van der Waals surface area contributed by atoms with Gasteiger partial charge in [-0.25, -0.2) is 0 Å². The van der Waals surface area contributed by atoms with Crippen LogP contribution in [0.2, 0.25) is 0 Å². The number of piperidine rings is 1. The molecule has 0 saturated carbocycles. The van der Waals surface area contributed by atoms with Crippen molar-refractivity contribution in [1.29, 1.82) is 0 Å². The van der Waals surface area contributed by atoms with Gasteiger partial charge < -0.3 is 9.52 Å². The molecule has 2 heterocycles. The molecule has 1 saturated heterocycles. The number of carboxylic acid groups (broad SMARTS) is 1. The van der Waals surface area contributed by atoms with Crippen LogP contribution in [0.5, 0.6) is 0 Å². The fourth-order valence-corrected chi connectivity index (χ4v) is 3.60. The Kier molecular flexibility index (Phi) is 4.21. The molecule has 1 fully saturated rings. The second-order valence-corrected chi connectivity index (χ2v) is 6.42. The number of benzene rings is 1. The zero-order valence-electron chi connectivity index (χ0n) is 13.2. The van der Waals surface area contributed by atoms with E-state index < -0.39 is 5.97 Å². The molecule has 2 aromatic rings. The van der Waals surface area contributed by atoms with Crippen molar-refractivity contribution in [3.8, 4) is 0 Å². The van der Waals surface area contributed by atoms with Crippen molar-refractivity contribution in [3.05, 3.63) is 35.6 Å². The van der Waals surface area contributed by atoms with Gasteiger partial charge in [-0.1, -0.05) is 32.0 Å². The van der Waals surface area contributed by atoms with E-state index in [-0.39, 0.29) is 5.92 Å². The molecule has 2 atom stereocenters. The van der Waals surface area contributed by atoms with Gasteiger partial charge in [-0.15, -0.1) is 0 Å². The molecule has 1 aliphatic heterocycles. The average Bonchev–Trinajstić information content (AvgIpc) is 2.85. The number of fused-ring (bicyclic) bond motifs is 1. The maximum absolute atomic E-state index is 11.3. The molecule has 1 aliphatic rings. The largest absolute Gasteiger partial charge is 0.481 e. The summed E-state index contributed by atoms with van der Waals surface area (Å²) >= 11 is 0. The summed E-state index contributed by atoms with van der Waals surface area (Å²) in [5.74, 6) is 0.501. The predicted octanol–water partition coefficient (Wildman–Crippen LogP) is 3.54. The molecule has 118 valence electrons. The second-order valence-electron chi connectivity index (χ2n) is 6.42. The van der Waals surface area contributed by atoms with Crippen LogP contribution >= 0.6 is 0 Å². The Morgan fingerprint density at radius 1 is 1.36 bits per heavy atom. The van der Waals surface area contributed by atoms with Gasteiger partial charge >= 0.3 is 5.97 Å². The Bertz CT molecular complexity index is 676. The van der Waals surface area contributed by atoms with E-state index in [4.69, 9.17) is 4.42 Å². The second kappa shape index (κ2) is 6.13. The fourth-order valence-electron chi connectivity index (χ4n) is 3.60. The summed E-state index contributed by atoms with van der Waals surface area (Å²) in [4.78, 5) is 13.6.